The zero-order valence-corrected chi connectivity index (χ0v) is 15.8. The van der Waals surface area contributed by atoms with E-state index in [4.69, 9.17) is 9.84 Å². The Morgan fingerprint density at radius 3 is 2.67 bits per heavy atom. The van der Waals surface area contributed by atoms with Crippen LogP contribution in [0.1, 0.15) is 37.7 Å². The molecule has 3 rings (SSSR count). The molecule has 0 aromatic heterocycles. The highest BCUT2D eigenvalue weighted by Crippen LogP contribution is 2.34. The first kappa shape index (κ1) is 19.7. The Hall–Kier alpha value is -2.08. The summed E-state index contributed by atoms with van der Waals surface area (Å²) in [7, 11) is 0. The first-order chi connectivity index (χ1) is 13.1. The molecule has 2 aliphatic rings. The van der Waals surface area contributed by atoms with Gasteiger partial charge in [0.05, 0.1) is 13.2 Å². The number of nitrogens with one attached hydrogen (secondary N) is 1. The van der Waals surface area contributed by atoms with Crippen LogP contribution < -0.4 is 5.32 Å². The van der Waals surface area contributed by atoms with Gasteiger partial charge in [-0.1, -0.05) is 49.6 Å². The van der Waals surface area contributed by atoms with Crippen molar-refractivity contribution in [1.82, 2.24) is 10.2 Å². The predicted molar refractivity (Wildman–Crippen MR) is 103 cm³/mol. The highest BCUT2D eigenvalue weighted by Gasteiger charge is 2.32. The largest absolute Gasteiger partial charge is 0.481 e. The van der Waals surface area contributed by atoms with Crippen LogP contribution in [-0.2, 0) is 16.0 Å². The molecule has 27 heavy (non-hydrogen) atoms. The van der Waals surface area contributed by atoms with Gasteiger partial charge < -0.3 is 20.1 Å². The van der Waals surface area contributed by atoms with E-state index in [1.54, 1.807) is 0 Å². The quantitative estimate of drug-likeness (QED) is 0.769. The van der Waals surface area contributed by atoms with Gasteiger partial charge in [0.15, 0.2) is 0 Å². The molecule has 1 aliphatic heterocycles. The van der Waals surface area contributed by atoms with Gasteiger partial charge in [0, 0.05) is 31.5 Å². The van der Waals surface area contributed by atoms with E-state index in [0.29, 0.717) is 37.8 Å². The minimum atomic E-state index is -0.837. The maximum absolute atomic E-state index is 12.9. The molecule has 2 unspecified atom stereocenters. The number of hydrogen-bond acceptors (Lipinski definition) is 3. The molecule has 2 amide bonds. The summed E-state index contributed by atoms with van der Waals surface area (Å²) in [6.07, 6.45) is 4.85. The summed E-state index contributed by atoms with van der Waals surface area (Å²) in [6.45, 7) is 2.62. The number of benzene rings is 1. The molecule has 1 saturated heterocycles. The number of carbonyl (C=O) groups excluding carboxylic acids is 1. The Morgan fingerprint density at radius 1 is 1.22 bits per heavy atom. The summed E-state index contributed by atoms with van der Waals surface area (Å²) >= 11 is 0. The van der Waals surface area contributed by atoms with E-state index in [-0.39, 0.29) is 18.5 Å². The van der Waals surface area contributed by atoms with Crippen molar-refractivity contribution in [2.45, 2.75) is 44.6 Å². The lowest BCUT2D eigenvalue weighted by Crippen LogP contribution is -2.48. The van der Waals surface area contributed by atoms with Gasteiger partial charge in [-0.05, 0) is 24.3 Å². The predicted octanol–water partition coefficient (Wildman–Crippen LogP) is 2.92. The van der Waals surface area contributed by atoms with Gasteiger partial charge in [0.2, 0.25) is 0 Å². The first-order valence-electron chi connectivity index (χ1n) is 10.0. The summed E-state index contributed by atoms with van der Waals surface area (Å²) in [5, 5.41) is 12.1. The molecule has 1 aliphatic carbocycles. The Kier molecular flexibility index (Phi) is 7.10. The minimum absolute atomic E-state index is 0.0472. The zero-order chi connectivity index (χ0) is 19.1. The Balaban J connectivity index is 1.60. The van der Waals surface area contributed by atoms with Gasteiger partial charge in [-0.3, -0.25) is 4.79 Å². The average Bonchev–Trinajstić information content (AvgIpc) is 2.85. The zero-order valence-electron chi connectivity index (χ0n) is 15.8. The standard InChI is InChI=1S/C21H30N2O4/c24-20(25)10-9-19(13-16-5-2-1-3-6-16)22-21(26)23-11-12-27-15-18(14-23)17-7-4-8-17/h1-3,5-6,17-19H,4,7-15H2,(H,22,26)(H,24,25). The number of nitrogens with zero attached hydrogens (tertiary/aromatic N) is 1. The Bertz CT molecular complexity index is 618. The lowest BCUT2D eigenvalue weighted by atomic mass is 9.76. The van der Waals surface area contributed by atoms with Crippen molar-refractivity contribution in [2.75, 3.05) is 26.3 Å². The van der Waals surface area contributed by atoms with E-state index in [9.17, 15) is 9.59 Å². The number of carboxylic acid groups (broad SMARTS) is 1. The van der Waals surface area contributed by atoms with Gasteiger partial charge in [0.1, 0.15) is 0 Å². The number of urea groups is 1. The summed E-state index contributed by atoms with van der Waals surface area (Å²) in [5.74, 6) is 0.250. The third-order valence-electron chi connectivity index (χ3n) is 5.76. The van der Waals surface area contributed by atoms with E-state index < -0.39 is 5.97 Å². The van der Waals surface area contributed by atoms with Gasteiger partial charge >= 0.3 is 12.0 Å². The molecule has 1 aromatic carbocycles. The van der Waals surface area contributed by atoms with Crippen molar-refractivity contribution >= 4 is 12.0 Å². The molecule has 1 saturated carbocycles. The van der Waals surface area contributed by atoms with E-state index in [1.807, 2.05) is 35.2 Å². The third-order valence-corrected chi connectivity index (χ3v) is 5.76. The molecule has 6 nitrogen and oxygen atoms in total. The molecule has 0 bridgehead atoms. The average molecular weight is 374 g/mol. The summed E-state index contributed by atoms with van der Waals surface area (Å²) in [5.41, 5.74) is 1.10. The van der Waals surface area contributed by atoms with Crippen LogP contribution in [0, 0.1) is 11.8 Å². The maximum Gasteiger partial charge on any atom is 0.317 e. The fourth-order valence-electron chi connectivity index (χ4n) is 3.90. The highest BCUT2D eigenvalue weighted by atomic mass is 16.5. The van der Waals surface area contributed by atoms with Crippen LogP contribution in [0.2, 0.25) is 0 Å². The highest BCUT2D eigenvalue weighted by molar-refractivity contribution is 5.75. The second-order valence-electron chi connectivity index (χ2n) is 7.74. The van der Waals surface area contributed by atoms with Crippen LogP contribution in [0.5, 0.6) is 0 Å². The van der Waals surface area contributed by atoms with Crippen LogP contribution in [0.4, 0.5) is 4.79 Å². The second kappa shape index (κ2) is 9.74. The van der Waals surface area contributed by atoms with Crippen molar-refractivity contribution in [1.29, 1.82) is 0 Å². The van der Waals surface area contributed by atoms with Crippen LogP contribution in [0.15, 0.2) is 30.3 Å². The number of aliphatic carboxylic acids is 1. The van der Waals surface area contributed by atoms with Crippen molar-refractivity contribution in [3.05, 3.63) is 35.9 Å². The second-order valence-corrected chi connectivity index (χ2v) is 7.74. The Morgan fingerprint density at radius 2 is 2.00 bits per heavy atom. The van der Waals surface area contributed by atoms with Crippen molar-refractivity contribution in [3.8, 4) is 0 Å². The lowest BCUT2D eigenvalue weighted by molar-refractivity contribution is -0.137. The summed E-state index contributed by atoms with van der Waals surface area (Å²) in [4.78, 5) is 25.7. The van der Waals surface area contributed by atoms with Crippen LogP contribution in [0.25, 0.3) is 0 Å². The van der Waals surface area contributed by atoms with E-state index in [1.165, 1.54) is 19.3 Å². The third kappa shape index (κ3) is 5.96. The fourth-order valence-corrected chi connectivity index (χ4v) is 3.90. The number of carbonyl (C=O) groups is 2. The maximum atomic E-state index is 12.9. The van der Waals surface area contributed by atoms with Crippen molar-refractivity contribution < 1.29 is 19.4 Å². The Labute approximate surface area is 160 Å². The normalized spacial score (nSPS) is 21.8. The van der Waals surface area contributed by atoms with Crippen molar-refractivity contribution in [3.63, 3.8) is 0 Å². The SMILES string of the molecule is O=C(O)CCC(Cc1ccccc1)NC(=O)N1CCOCC(C2CCC2)C1. The van der Waals surface area contributed by atoms with Gasteiger partial charge in [-0.25, -0.2) is 4.79 Å². The monoisotopic (exact) mass is 374 g/mol. The molecule has 148 valence electrons. The molecule has 1 heterocycles. The van der Waals surface area contributed by atoms with E-state index in [0.717, 1.165) is 18.7 Å². The minimum Gasteiger partial charge on any atom is -0.481 e. The number of ether oxygens (including phenoxy) is 1. The molecular weight excluding hydrogens is 344 g/mol. The number of hydrogen-bond donors (Lipinski definition) is 2. The number of carboxylic acids is 1. The molecule has 2 atom stereocenters. The first-order valence-corrected chi connectivity index (χ1v) is 10.0. The van der Waals surface area contributed by atoms with Crippen LogP contribution in [-0.4, -0.2) is 54.4 Å². The van der Waals surface area contributed by atoms with E-state index >= 15 is 0 Å². The molecule has 6 heteroatoms. The summed E-state index contributed by atoms with van der Waals surface area (Å²) in [6, 6.07) is 9.59. The van der Waals surface area contributed by atoms with Gasteiger partial charge in [-0.15, -0.1) is 0 Å². The molecule has 2 N–H and O–H groups in total. The fraction of sp³-hybridized carbons (Fsp3) is 0.619. The molecule has 0 spiro atoms. The molecule has 2 fully saturated rings. The smallest absolute Gasteiger partial charge is 0.317 e. The van der Waals surface area contributed by atoms with Crippen LogP contribution >= 0.6 is 0 Å². The van der Waals surface area contributed by atoms with Gasteiger partial charge in [0.25, 0.3) is 0 Å². The summed E-state index contributed by atoms with van der Waals surface area (Å²) < 4.78 is 5.72. The van der Waals surface area contributed by atoms with Crippen LogP contribution in [0.3, 0.4) is 0 Å². The molecular formula is C21H30N2O4. The number of rotatable bonds is 7. The van der Waals surface area contributed by atoms with Crippen molar-refractivity contribution in [2.24, 2.45) is 11.8 Å². The lowest BCUT2D eigenvalue weighted by Gasteiger charge is -2.35. The number of amides is 2. The topological polar surface area (TPSA) is 78.9 Å². The molecule has 0 radical (unpaired) electrons. The molecule has 1 aromatic rings. The van der Waals surface area contributed by atoms with Gasteiger partial charge in [-0.2, -0.15) is 0 Å². The van der Waals surface area contributed by atoms with E-state index in [2.05, 4.69) is 5.32 Å².